The Bertz CT molecular complexity index is 1430. The Hall–Kier alpha value is -3.91. The number of allylic oxidation sites excluding steroid dienone is 1. The van der Waals surface area contributed by atoms with Crippen LogP contribution in [0.3, 0.4) is 0 Å². The predicted molar refractivity (Wildman–Crippen MR) is 133 cm³/mol. The first-order valence-electron chi connectivity index (χ1n) is 10.7. The molecule has 1 amide bonds. The molecule has 4 rings (SSSR count). The molecule has 34 heavy (non-hydrogen) atoms. The molecule has 2 heterocycles. The van der Waals surface area contributed by atoms with Crippen LogP contribution < -0.4 is 15.6 Å². The van der Waals surface area contributed by atoms with Gasteiger partial charge >= 0.3 is 0 Å². The van der Waals surface area contributed by atoms with Crippen molar-refractivity contribution in [2.45, 2.75) is 26.3 Å². The van der Waals surface area contributed by atoms with E-state index in [0.29, 0.717) is 40.2 Å². The number of carbonyl (C=O) groups excluding carboxylic acids is 1. The molecule has 0 atom stereocenters. The Balaban J connectivity index is 1.66. The predicted octanol–water partition coefficient (Wildman–Crippen LogP) is 4.29. The van der Waals surface area contributed by atoms with Gasteiger partial charge in [0.2, 0.25) is 11.7 Å². The van der Waals surface area contributed by atoms with Gasteiger partial charge in [-0.25, -0.2) is 0 Å². The summed E-state index contributed by atoms with van der Waals surface area (Å²) in [6.07, 6.45) is 2.05. The summed E-state index contributed by atoms with van der Waals surface area (Å²) in [7, 11) is 1.52. The van der Waals surface area contributed by atoms with Crippen LogP contribution in [0.4, 0.5) is 5.69 Å². The number of benzene rings is 2. The Morgan fingerprint density at radius 3 is 2.71 bits per heavy atom. The van der Waals surface area contributed by atoms with Gasteiger partial charge in [-0.1, -0.05) is 48.0 Å². The lowest BCUT2D eigenvalue weighted by molar-refractivity contribution is -0.116. The molecule has 0 spiro atoms. The van der Waals surface area contributed by atoms with Gasteiger partial charge in [0, 0.05) is 34.8 Å². The van der Waals surface area contributed by atoms with E-state index in [2.05, 4.69) is 22.0 Å². The number of ether oxygens (including phenoxy) is 1. The Kier molecular flexibility index (Phi) is 6.79. The summed E-state index contributed by atoms with van der Waals surface area (Å²) >= 11 is 6.05. The van der Waals surface area contributed by atoms with Gasteiger partial charge in [-0.15, -0.1) is 11.7 Å². The Morgan fingerprint density at radius 2 is 2.00 bits per heavy atom. The number of nitrogens with one attached hydrogen (secondary N) is 1. The van der Waals surface area contributed by atoms with Crippen molar-refractivity contribution in [1.29, 1.82) is 0 Å². The van der Waals surface area contributed by atoms with E-state index < -0.39 is 0 Å². The van der Waals surface area contributed by atoms with Crippen molar-refractivity contribution in [3.63, 3.8) is 0 Å². The molecule has 4 aromatic rings. The van der Waals surface area contributed by atoms with Gasteiger partial charge in [0.05, 0.1) is 12.8 Å². The van der Waals surface area contributed by atoms with Crippen molar-refractivity contribution in [2.24, 2.45) is 0 Å². The molecular formula is C25H24ClN5O3. The van der Waals surface area contributed by atoms with Gasteiger partial charge < -0.3 is 14.6 Å². The van der Waals surface area contributed by atoms with E-state index in [9.17, 15) is 9.59 Å². The molecule has 0 saturated heterocycles. The molecule has 0 radical (unpaired) electrons. The minimum atomic E-state index is -0.296. The van der Waals surface area contributed by atoms with Gasteiger partial charge in [-0.05, 0) is 31.5 Å². The largest absolute Gasteiger partial charge is 0.495 e. The van der Waals surface area contributed by atoms with E-state index in [1.165, 1.54) is 11.6 Å². The van der Waals surface area contributed by atoms with Crippen molar-refractivity contribution in [2.75, 3.05) is 12.4 Å². The van der Waals surface area contributed by atoms with Crippen molar-refractivity contribution < 1.29 is 9.53 Å². The Labute approximate surface area is 201 Å². The van der Waals surface area contributed by atoms with Crippen molar-refractivity contribution >= 4 is 29.0 Å². The minimum absolute atomic E-state index is 0.0889. The third-order valence-electron chi connectivity index (χ3n) is 5.50. The summed E-state index contributed by atoms with van der Waals surface area (Å²) in [6.45, 7) is 6.11. The van der Waals surface area contributed by atoms with Crippen LogP contribution >= 0.6 is 11.6 Å². The zero-order chi connectivity index (χ0) is 24.2. The third kappa shape index (κ3) is 4.58. The smallest absolute Gasteiger partial charge is 0.279 e. The molecule has 0 saturated carbocycles. The summed E-state index contributed by atoms with van der Waals surface area (Å²) in [6, 6.07) is 14.4. The second-order valence-corrected chi connectivity index (χ2v) is 8.11. The maximum atomic E-state index is 13.3. The quantitative estimate of drug-likeness (QED) is 0.382. The van der Waals surface area contributed by atoms with Crippen LogP contribution in [-0.2, 0) is 17.8 Å². The molecule has 0 fully saturated rings. The number of aromatic nitrogens is 4. The van der Waals surface area contributed by atoms with Gasteiger partial charge in [-0.3, -0.25) is 9.59 Å². The number of hydrogen-bond donors (Lipinski definition) is 1. The minimum Gasteiger partial charge on any atom is -0.495 e. The van der Waals surface area contributed by atoms with Crippen molar-refractivity contribution in [3.05, 3.63) is 87.8 Å². The van der Waals surface area contributed by atoms with Crippen molar-refractivity contribution in [1.82, 2.24) is 19.2 Å². The molecule has 1 N–H and O–H groups in total. The van der Waals surface area contributed by atoms with Gasteiger partial charge in [0.15, 0.2) is 5.82 Å². The number of methoxy groups -OCH3 is 1. The molecule has 0 unspecified atom stereocenters. The van der Waals surface area contributed by atoms with E-state index in [1.807, 2.05) is 41.8 Å². The van der Waals surface area contributed by atoms with E-state index in [0.717, 1.165) is 11.3 Å². The number of rotatable bonds is 8. The number of hydrogen-bond acceptors (Lipinski definition) is 5. The fraction of sp³-hybridized carbons (Fsp3) is 0.200. The highest BCUT2D eigenvalue weighted by molar-refractivity contribution is 6.31. The van der Waals surface area contributed by atoms with E-state index in [4.69, 9.17) is 16.3 Å². The summed E-state index contributed by atoms with van der Waals surface area (Å²) in [4.78, 5) is 30.6. The van der Waals surface area contributed by atoms with Gasteiger partial charge in [0.25, 0.3) is 5.56 Å². The summed E-state index contributed by atoms with van der Waals surface area (Å²) < 4.78 is 8.45. The number of anilines is 1. The lowest BCUT2D eigenvalue weighted by Gasteiger charge is -2.14. The van der Waals surface area contributed by atoms with Crippen LogP contribution in [0.5, 0.6) is 5.75 Å². The highest BCUT2D eigenvalue weighted by atomic mass is 35.5. The number of halogens is 1. The zero-order valence-corrected chi connectivity index (χ0v) is 19.7. The molecule has 0 aliphatic rings. The van der Waals surface area contributed by atoms with Crippen LogP contribution in [0.1, 0.15) is 17.7 Å². The third-order valence-corrected chi connectivity index (χ3v) is 5.74. The standard InChI is InChI=1S/C25H24ClN5O3/c1-4-14-30-16(2)19(11-13-22(32)27-20-15-18(26)10-12-21(20)34-3)24(33)31-25(30)28-23(29-31)17-8-6-5-7-9-17/h4-10,12,15H,1,11,13-14H2,2-3H3,(H,27,32). The molecule has 2 aromatic heterocycles. The van der Waals surface area contributed by atoms with E-state index >= 15 is 0 Å². The van der Waals surface area contributed by atoms with Crippen LogP contribution in [0.25, 0.3) is 17.2 Å². The first kappa shape index (κ1) is 23.3. The molecule has 0 aliphatic heterocycles. The molecule has 174 valence electrons. The fourth-order valence-corrected chi connectivity index (χ4v) is 3.96. The average molecular weight is 478 g/mol. The highest BCUT2D eigenvalue weighted by Gasteiger charge is 2.19. The maximum absolute atomic E-state index is 13.3. The lowest BCUT2D eigenvalue weighted by atomic mass is 10.1. The normalized spacial score (nSPS) is 10.9. The maximum Gasteiger partial charge on any atom is 0.279 e. The number of nitrogens with zero attached hydrogens (tertiary/aromatic N) is 4. The van der Waals surface area contributed by atoms with Gasteiger partial charge in [-0.2, -0.15) is 9.50 Å². The Morgan fingerprint density at radius 1 is 1.24 bits per heavy atom. The number of carbonyl (C=O) groups is 1. The molecule has 0 aliphatic carbocycles. The SMILES string of the molecule is C=CCn1c(C)c(CCC(=O)Nc2cc(Cl)ccc2OC)c(=O)n2nc(-c3ccccc3)nc12. The second-order valence-electron chi connectivity index (χ2n) is 7.67. The van der Waals surface area contributed by atoms with Crippen LogP contribution in [0.2, 0.25) is 5.02 Å². The number of amides is 1. The van der Waals surface area contributed by atoms with Crippen molar-refractivity contribution in [3.8, 4) is 17.1 Å². The highest BCUT2D eigenvalue weighted by Crippen LogP contribution is 2.28. The molecular weight excluding hydrogens is 454 g/mol. The summed E-state index contributed by atoms with van der Waals surface area (Å²) in [5, 5.41) is 7.74. The molecule has 2 aromatic carbocycles. The topological polar surface area (TPSA) is 90.5 Å². The lowest BCUT2D eigenvalue weighted by Crippen LogP contribution is -2.27. The zero-order valence-electron chi connectivity index (χ0n) is 18.9. The van der Waals surface area contributed by atoms with E-state index in [-0.39, 0.29) is 24.3 Å². The van der Waals surface area contributed by atoms with Crippen LogP contribution in [0.15, 0.2) is 66.0 Å². The fourth-order valence-electron chi connectivity index (χ4n) is 3.78. The number of fused-ring (bicyclic) bond motifs is 1. The van der Waals surface area contributed by atoms with E-state index in [1.54, 1.807) is 24.3 Å². The monoisotopic (exact) mass is 477 g/mol. The first-order chi connectivity index (χ1) is 16.4. The molecule has 9 heteroatoms. The first-order valence-corrected chi connectivity index (χ1v) is 11.1. The average Bonchev–Trinajstić information content (AvgIpc) is 3.28. The molecule has 8 nitrogen and oxygen atoms in total. The second kappa shape index (κ2) is 9.93. The van der Waals surface area contributed by atoms with Gasteiger partial charge in [0.1, 0.15) is 5.75 Å². The summed E-state index contributed by atoms with van der Waals surface area (Å²) in [5.74, 6) is 1.12. The van der Waals surface area contributed by atoms with Crippen LogP contribution in [-0.4, -0.2) is 32.2 Å². The molecule has 0 bridgehead atoms. The summed E-state index contributed by atoms with van der Waals surface area (Å²) in [5.41, 5.74) is 2.20. The van der Waals surface area contributed by atoms with Crippen LogP contribution in [0, 0.1) is 6.92 Å².